The Morgan fingerprint density at radius 3 is 2.64 bits per heavy atom. The maximum Gasteiger partial charge on any atom is 0.410 e. The first-order valence-electron chi connectivity index (χ1n) is 10.3. The first-order chi connectivity index (χ1) is 15.4. The molecule has 3 aromatic rings. The van der Waals surface area contributed by atoms with E-state index in [1.165, 1.54) is 4.57 Å². The van der Waals surface area contributed by atoms with Gasteiger partial charge in [-0.15, -0.1) is 10.2 Å². The third-order valence-corrected chi connectivity index (χ3v) is 6.52. The van der Waals surface area contributed by atoms with Crippen molar-refractivity contribution in [2.75, 3.05) is 24.5 Å². The minimum absolute atomic E-state index is 0.0636. The maximum absolute atomic E-state index is 13.0. The third kappa shape index (κ3) is 4.74. The average Bonchev–Trinajstić information content (AvgIpc) is 3.29. The summed E-state index contributed by atoms with van der Waals surface area (Å²) in [6.07, 6.45) is -3.12. The molecule has 1 N–H and O–H groups in total. The van der Waals surface area contributed by atoms with Crippen LogP contribution in [0.2, 0.25) is 0 Å². The van der Waals surface area contributed by atoms with Gasteiger partial charge < -0.3 is 19.5 Å². The van der Waals surface area contributed by atoms with Crippen LogP contribution in [-0.2, 0) is 4.74 Å². The van der Waals surface area contributed by atoms with E-state index in [2.05, 4.69) is 36.0 Å². The molecule has 1 atom stereocenters. The van der Waals surface area contributed by atoms with Gasteiger partial charge in [0.2, 0.25) is 5.13 Å². The van der Waals surface area contributed by atoms with Crippen molar-refractivity contribution in [3.63, 3.8) is 0 Å². The predicted molar refractivity (Wildman–Crippen MR) is 125 cm³/mol. The number of piperazine rings is 1. The van der Waals surface area contributed by atoms with E-state index in [0.717, 1.165) is 5.69 Å². The van der Waals surface area contributed by atoms with Crippen LogP contribution in [0.15, 0.2) is 21.4 Å². The van der Waals surface area contributed by atoms with Crippen LogP contribution in [0.5, 0.6) is 0 Å². The number of H-pyrrole nitrogens is 1. The summed E-state index contributed by atoms with van der Waals surface area (Å²) in [5, 5.41) is 6.88. The maximum atomic E-state index is 13.0. The number of nitrogens with zero attached hydrogens (tertiary/aromatic N) is 5. The van der Waals surface area contributed by atoms with Gasteiger partial charge in [-0.05, 0) is 39.8 Å². The molecule has 3 heterocycles. The van der Waals surface area contributed by atoms with Gasteiger partial charge in [-0.2, -0.15) is 0 Å². The van der Waals surface area contributed by atoms with Crippen LogP contribution < -0.4 is 10.6 Å². The second-order valence-corrected chi connectivity index (χ2v) is 10.7. The molecular formula is C20H23BrF2N6O3S. The number of amides is 1. The topological polar surface area (TPSA) is 96.4 Å². The molecule has 0 saturated carbocycles. The number of ether oxygens (including phenoxy) is 1. The molecule has 2 aromatic heterocycles. The molecule has 1 aromatic carbocycles. The standard InChI is InChI=1S/C20H23BrF2N6O3S/c1-10-9-27(5-6-28(10)19(31)32-20(2,3)4)12-7-11(21)8-13-14(12)24-17(30)29(13)18-26-25-16(33-18)15(22)23/h7-8,10,15H,5-6,9H2,1-4H3,(H,24,30)/t10-/m1/s1. The lowest BCUT2D eigenvalue weighted by Crippen LogP contribution is -2.55. The first-order valence-corrected chi connectivity index (χ1v) is 11.9. The summed E-state index contributed by atoms with van der Waals surface area (Å²) in [7, 11) is 0. The number of fused-ring (bicyclic) bond motifs is 1. The molecule has 0 spiro atoms. The minimum Gasteiger partial charge on any atom is -0.444 e. The van der Waals surface area contributed by atoms with Crippen LogP contribution >= 0.6 is 27.3 Å². The number of alkyl halides is 2. The van der Waals surface area contributed by atoms with E-state index in [9.17, 15) is 18.4 Å². The number of nitrogens with one attached hydrogen (secondary N) is 1. The van der Waals surface area contributed by atoms with Crippen LogP contribution in [0, 0.1) is 0 Å². The molecule has 13 heteroatoms. The van der Waals surface area contributed by atoms with Gasteiger partial charge in [-0.25, -0.2) is 22.9 Å². The molecule has 1 amide bonds. The molecule has 0 aliphatic carbocycles. The van der Waals surface area contributed by atoms with Gasteiger partial charge in [0.15, 0.2) is 5.01 Å². The van der Waals surface area contributed by atoms with Crippen LogP contribution in [0.1, 0.15) is 39.1 Å². The molecule has 1 fully saturated rings. The van der Waals surface area contributed by atoms with E-state index < -0.39 is 22.7 Å². The van der Waals surface area contributed by atoms with Gasteiger partial charge in [0, 0.05) is 30.1 Å². The zero-order chi connectivity index (χ0) is 24.1. The number of carbonyl (C=O) groups is 1. The van der Waals surface area contributed by atoms with Gasteiger partial charge >= 0.3 is 11.8 Å². The molecule has 1 saturated heterocycles. The number of hydrogen-bond donors (Lipinski definition) is 1. The summed E-state index contributed by atoms with van der Waals surface area (Å²) in [6.45, 7) is 8.91. The average molecular weight is 545 g/mol. The summed E-state index contributed by atoms with van der Waals surface area (Å²) in [6, 6.07) is 3.47. The second-order valence-electron chi connectivity index (χ2n) is 8.78. The van der Waals surface area contributed by atoms with Gasteiger partial charge in [-0.1, -0.05) is 27.3 Å². The summed E-state index contributed by atoms with van der Waals surface area (Å²) < 4.78 is 33.4. The molecule has 1 aliphatic heterocycles. The highest BCUT2D eigenvalue weighted by molar-refractivity contribution is 9.10. The van der Waals surface area contributed by atoms with Crippen LogP contribution in [-0.4, -0.2) is 62.0 Å². The van der Waals surface area contributed by atoms with Gasteiger partial charge in [0.25, 0.3) is 6.43 Å². The normalized spacial score (nSPS) is 17.3. The molecule has 0 unspecified atom stereocenters. The third-order valence-electron chi connectivity index (χ3n) is 5.14. The molecule has 4 rings (SSSR count). The molecular weight excluding hydrogens is 522 g/mol. The van der Waals surface area contributed by atoms with Crippen molar-refractivity contribution >= 4 is 50.1 Å². The number of halogens is 3. The predicted octanol–water partition coefficient (Wildman–Crippen LogP) is 4.32. The fraction of sp³-hybridized carbons (Fsp3) is 0.500. The molecule has 0 bridgehead atoms. The van der Waals surface area contributed by atoms with Gasteiger partial charge in [-0.3, -0.25) is 0 Å². The van der Waals surface area contributed by atoms with E-state index in [-0.39, 0.29) is 17.3 Å². The Balaban J connectivity index is 1.67. The Morgan fingerprint density at radius 1 is 1.30 bits per heavy atom. The van der Waals surface area contributed by atoms with Crippen molar-refractivity contribution in [3.05, 3.63) is 32.1 Å². The Labute approximate surface area is 200 Å². The number of hydrogen-bond acceptors (Lipinski definition) is 7. The number of anilines is 1. The Hall–Kier alpha value is -2.54. The molecule has 1 aliphatic rings. The van der Waals surface area contributed by atoms with Crippen LogP contribution in [0.4, 0.5) is 19.3 Å². The van der Waals surface area contributed by atoms with E-state index in [0.29, 0.717) is 46.5 Å². The smallest absolute Gasteiger partial charge is 0.410 e. The monoisotopic (exact) mass is 544 g/mol. The van der Waals surface area contributed by atoms with E-state index in [1.807, 2.05) is 33.8 Å². The Morgan fingerprint density at radius 2 is 2.03 bits per heavy atom. The van der Waals surface area contributed by atoms with Gasteiger partial charge in [0.05, 0.1) is 16.7 Å². The summed E-state index contributed by atoms with van der Waals surface area (Å²) in [4.78, 5) is 31.9. The lowest BCUT2D eigenvalue weighted by Gasteiger charge is -2.41. The van der Waals surface area contributed by atoms with E-state index in [1.54, 1.807) is 11.0 Å². The summed E-state index contributed by atoms with van der Waals surface area (Å²) in [5.41, 5.74) is 0.714. The van der Waals surface area contributed by atoms with Crippen molar-refractivity contribution in [2.45, 2.75) is 45.8 Å². The van der Waals surface area contributed by atoms with E-state index >= 15 is 0 Å². The number of aromatic amines is 1. The van der Waals surface area contributed by atoms with Crippen molar-refractivity contribution in [1.29, 1.82) is 0 Å². The summed E-state index contributed by atoms with van der Waals surface area (Å²) >= 11 is 4.15. The fourth-order valence-electron chi connectivity index (χ4n) is 3.77. The van der Waals surface area contributed by atoms with Crippen LogP contribution in [0.25, 0.3) is 16.2 Å². The Kier molecular flexibility index (Phi) is 6.20. The van der Waals surface area contributed by atoms with E-state index in [4.69, 9.17) is 4.74 Å². The zero-order valence-corrected chi connectivity index (χ0v) is 20.8. The van der Waals surface area contributed by atoms with Crippen molar-refractivity contribution in [3.8, 4) is 5.13 Å². The highest BCUT2D eigenvalue weighted by Gasteiger charge is 2.32. The molecule has 0 radical (unpaired) electrons. The highest BCUT2D eigenvalue weighted by Crippen LogP contribution is 2.33. The number of imidazole rings is 1. The van der Waals surface area contributed by atoms with Crippen molar-refractivity contribution < 1.29 is 18.3 Å². The quantitative estimate of drug-likeness (QED) is 0.527. The van der Waals surface area contributed by atoms with Gasteiger partial charge in [0.1, 0.15) is 5.60 Å². The SMILES string of the molecule is C[C@@H]1CN(c2cc(Br)cc3c2[nH]c(=O)n3-c2nnc(C(F)F)s2)CCN1C(=O)OC(C)(C)C. The largest absolute Gasteiger partial charge is 0.444 e. The molecule has 33 heavy (non-hydrogen) atoms. The fourth-order valence-corrected chi connectivity index (χ4v) is 4.91. The molecule has 9 nitrogen and oxygen atoms in total. The summed E-state index contributed by atoms with van der Waals surface area (Å²) in [5.74, 6) is 0. The lowest BCUT2D eigenvalue weighted by molar-refractivity contribution is 0.0159. The number of rotatable bonds is 3. The lowest BCUT2D eigenvalue weighted by atomic mass is 10.1. The van der Waals surface area contributed by atoms with Crippen molar-refractivity contribution in [1.82, 2.24) is 24.6 Å². The minimum atomic E-state index is -2.76. The highest BCUT2D eigenvalue weighted by atomic mass is 79.9. The zero-order valence-electron chi connectivity index (χ0n) is 18.4. The molecule has 178 valence electrons. The Bertz CT molecular complexity index is 1250. The second kappa shape index (κ2) is 8.67. The van der Waals surface area contributed by atoms with Crippen molar-refractivity contribution in [2.24, 2.45) is 0 Å². The number of benzene rings is 1. The van der Waals surface area contributed by atoms with Crippen LogP contribution in [0.3, 0.4) is 0 Å². The number of aromatic nitrogens is 4. The first kappa shape index (κ1) is 23.6. The number of carbonyl (C=O) groups excluding carboxylic acids is 1.